The molecule has 1 fully saturated rings. The number of likely N-dealkylation sites (N-methyl/N-ethyl adjacent to an activating group) is 1. The molecule has 1 atom stereocenters. The van der Waals surface area contributed by atoms with Gasteiger partial charge in [-0.25, -0.2) is 0 Å². The Morgan fingerprint density at radius 2 is 1.78 bits per heavy atom. The van der Waals surface area contributed by atoms with E-state index in [1.165, 1.54) is 5.56 Å². The molecule has 0 spiro atoms. The zero-order valence-electron chi connectivity index (χ0n) is 16.1. The van der Waals surface area contributed by atoms with E-state index < -0.39 is 0 Å². The number of amides is 1. The molecule has 0 bridgehead atoms. The molecule has 3 rings (SSSR count). The molecule has 1 amide bonds. The highest BCUT2D eigenvalue weighted by Crippen LogP contribution is 2.27. The van der Waals surface area contributed by atoms with Crippen LogP contribution in [0.1, 0.15) is 28.9 Å². The molecular formula is C22H28N2O3. The molecule has 1 saturated heterocycles. The number of piperazine rings is 1. The summed E-state index contributed by atoms with van der Waals surface area (Å²) >= 11 is 0. The lowest BCUT2D eigenvalue weighted by Gasteiger charge is -2.40. The van der Waals surface area contributed by atoms with Crippen molar-refractivity contribution in [3.05, 3.63) is 65.7 Å². The van der Waals surface area contributed by atoms with E-state index in [4.69, 9.17) is 9.47 Å². The van der Waals surface area contributed by atoms with Crippen molar-refractivity contribution in [2.45, 2.75) is 13.0 Å². The van der Waals surface area contributed by atoms with Crippen LogP contribution in [-0.2, 0) is 4.74 Å². The first-order valence-electron chi connectivity index (χ1n) is 9.54. The normalized spacial score (nSPS) is 17.7. The Balaban J connectivity index is 1.72. The molecule has 0 radical (unpaired) electrons. The van der Waals surface area contributed by atoms with Crippen molar-refractivity contribution in [1.82, 2.24) is 9.80 Å². The Morgan fingerprint density at radius 1 is 1.04 bits per heavy atom. The van der Waals surface area contributed by atoms with Crippen molar-refractivity contribution in [3.8, 4) is 5.75 Å². The minimum absolute atomic E-state index is 0.0241. The lowest BCUT2D eigenvalue weighted by Crippen LogP contribution is -2.49. The van der Waals surface area contributed by atoms with Gasteiger partial charge in [0, 0.05) is 26.2 Å². The van der Waals surface area contributed by atoms with Crippen LogP contribution in [0.15, 0.2) is 54.6 Å². The van der Waals surface area contributed by atoms with Crippen molar-refractivity contribution in [2.24, 2.45) is 0 Å². The van der Waals surface area contributed by atoms with E-state index in [-0.39, 0.29) is 11.9 Å². The summed E-state index contributed by atoms with van der Waals surface area (Å²) in [5.74, 6) is 0.647. The topological polar surface area (TPSA) is 42.0 Å². The van der Waals surface area contributed by atoms with Gasteiger partial charge in [-0.3, -0.25) is 9.69 Å². The lowest BCUT2D eigenvalue weighted by atomic mass is 10.0. The molecule has 2 aromatic rings. The van der Waals surface area contributed by atoms with Gasteiger partial charge in [0.05, 0.1) is 18.2 Å². The van der Waals surface area contributed by atoms with E-state index in [9.17, 15) is 4.79 Å². The summed E-state index contributed by atoms with van der Waals surface area (Å²) in [5.41, 5.74) is 1.85. The van der Waals surface area contributed by atoms with Gasteiger partial charge in [-0.15, -0.1) is 0 Å². The predicted molar refractivity (Wildman–Crippen MR) is 106 cm³/mol. The van der Waals surface area contributed by atoms with Crippen LogP contribution in [0.25, 0.3) is 0 Å². The molecule has 1 aliphatic rings. The van der Waals surface area contributed by atoms with Crippen LogP contribution in [0.3, 0.4) is 0 Å². The SMILES string of the molecule is CCOCCOc1ccccc1C(=O)N1CCN(C)C(c2ccccc2)C1. The van der Waals surface area contributed by atoms with Gasteiger partial charge in [0.1, 0.15) is 12.4 Å². The van der Waals surface area contributed by atoms with Gasteiger partial charge < -0.3 is 14.4 Å². The third-order valence-electron chi connectivity index (χ3n) is 4.93. The smallest absolute Gasteiger partial charge is 0.257 e. The van der Waals surface area contributed by atoms with Gasteiger partial charge in [0.2, 0.25) is 0 Å². The summed E-state index contributed by atoms with van der Waals surface area (Å²) in [5, 5.41) is 0. The van der Waals surface area contributed by atoms with E-state index in [0.717, 1.165) is 6.54 Å². The van der Waals surface area contributed by atoms with Gasteiger partial charge in [0.25, 0.3) is 5.91 Å². The summed E-state index contributed by atoms with van der Waals surface area (Å²) in [4.78, 5) is 17.4. The van der Waals surface area contributed by atoms with Crippen LogP contribution in [0, 0.1) is 0 Å². The largest absolute Gasteiger partial charge is 0.490 e. The Labute approximate surface area is 161 Å². The Hall–Kier alpha value is -2.37. The summed E-state index contributed by atoms with van der Waals surface area (Å²) in [7, 11) is 2.12. The fourth-order valence-electron chi connectivity index (χ4n) is 3.39. The number of nitrogens with zero attached hydrogens (tertiary/aromatic N) is 2. The van der Waals surface area contributed by atoms with E-state index in [1.54, 1.807) is 0 Å². The molecule has 0 saturated carbocycles. The number of para-hydroxylation sites is 1. The summed E-state index contributed by atoms with van der Waals surface area (Å²) < 4.78 is 11.1. The summed E-state index contributed by atoms with van der Waals surface area (Å²) in [6, 6.07) is 18.0. The third-order valence-corrected chi connectivity index (χ3v) is 4.93. The highest BCUT2D eigenvalue weighted by Gasteiger charge is 2.29. The minimum Gasteiger partial charge on any atom is -0.490 e. The van der Waals surface area contributed by atoms with Crippen molar-refractivity contribution >= 4 is 5.91 Å². The molecular weight excluding hydrogens is 340 g/mol. The number of carbonyl (C=O) groups excluding carboxylic acids is 1. The highest BCUT2D eigenvalue weighted by atomic mass is 16.5. The fourth-order valence-corrected chi connectivity index (χ4v) is 3.39. The van der Waals surface area contributed by atoms with Crippen LogP contribution in [0.5, 0.6) is 5.75 Å². The number of carbonyl (C=O) groups is 1. The quantitative estimate of drug-likeness (QED) is 0.704. The van der Waals surface area contributed by atoms with Crippen LogP contribution < -0.4 is 4.74 Å². The number of rotatable bonds is 7. The number of hydrogen-bond acceptors (Lipinski definition) is 4. The van der Waals surface area contributed by atoms with Crippen LogP contribution in [0.4, 0.5) is 0 Å². The average molecular weight is 368 g/mol. The summed E-state index contributed by atoms with van der Waals surface area (Å²) in [6.07, 6.45) is 0. The third kappa shape index (κ3) is 4.87. The first-order chi connectivity index (χ1) is 13.2. The maximum absolute atomic E-state index is 13.2. The average Bonchev–Trinajstić information content (AvgIpc) is 2.72. The molecule has 2 aromatic carbocycles. The van der Waals surface area contributed by atoms with Crippen molar-refractivity contribution < 1.29 is 14.3 Å². The van der Waals surface area contributed by atoms with Crippen LogP contribution in [0.2, 0.25) is 0 Å². The Morgan fingerprint density at radius 3 is 2.56 bits per heavy atom. The molecule has 1 aliphatic heterocycles. The minimum atomic E-state index is 0.0241. The number of ether oxygens (including phenoxy) is 2. The standard InChI is InChI=1S/C22H28N2O3/c1-3-26-15-16-27-21-12-8-7-11-19(21)22(25)24-14-13-23(2)20(17-24)18-9-5-4-6-10-18/h4-12,20H,3,13-17H2,1-2H3. The monoisotopic (exact) mass is 368 g/mol. The molecule has 1 heterocycles. The van der Waals surface area contributed by atoms with Gasteiger partial charge in [-0.1, -0.05) is 42.5 Å². The molecule has 27 heavy (non-hydrogen) atoms. The maximum atomic E-state index is 13.2. The lowest BCUT2D eigenvalue weighted by molar-refractivity contribution is 0.0539. The van der Waals surface area contributed by atoms with Crippen molar-refractivity contribution in [1.29, 1.82) is 0 Å². The fraction of sp³-hybridized carbons (Fsp3) is 0.409. The predicted octanol–water partition coefficient (Wildman–Crippen LogP) is 3.23. The molecule has 1 unspecified atom stereocenters. The second-order valence-electron chi connectivity index (χ2n) is 6.70. The number of hydrogen-bond donors (Lipinski definition) is 0. The zero-order chi connectivity index (χ0) is 19.1. The first kappa shape index (κ1) is 19.4. The van der Waals surface area contributed by atoms with Crippen LogP contribution >= 0.6 is 0 Å². The second kappa shape index (κ2) is 9.53. The van der Waals surface area contributed by atoms with E-state index in [1.807, 2.05) is 54.3 Å². The molecule has 0 aliphatic carbocycles. The maximum Gasteiger partial charge on any atom is 0.257 e. The van der Waals surface area contributed by atoms with Gasteiger partial charge >= 0.3 is 0 Å². The van der Waals surface area contributed by atoms with Crippen molar-refractivity contribution in [2.75, 3.05) is 46.5 Å². The van der Waals surface area contributed by atoms with Gasteiger partial charge in [-0.05, 0) is 31.7 Å². The number of benzene rings is 2. The van der Waals surface area contributed by atoms with Gasteiger partial charge in [0.15, 0.2) is 0 Å². The van der Waals surface area contributed by atoms with E-state index in [0.29, 0.717) is 44.2 Å². The molecule has 0 N–H and O–H groups in total. The molecule has 5 heteroatoms. The van der Waals surface area contributed by atoms with Crippen LogP contribution in [-0.4, -0.2) is 62.2 Å². The molecule has 144 valence electrons. The van der Waals surface area contributed by atoms with Crippen molar-refractivity contribution in [3.63, 3.8) is 0 Å². The van der Waals surface area contributed by atoms with E-state index >= 15 is 0 Å². The second-order valence-corrected chi connectivity index (χ2v) is 6.70. The Bertz CT molecular complexity index is 735. The van der Waals surface area contributed by atoms with E-state index in [2.05, 4.69) is 24.1 Å². The van der Waals surface area contributed by atoms with Gasteiger partial charge in [-0.2, -0.15) is 0 Å². The summed E-state index contributed by atoms with van der Waals surface area (Å²) in [6.45, 7) is 5.80. The molecule has 0 aromatic heterocycles. The first-order valence-corrected chi connectivity index (χ1v) is 9.54. The Kier molecular flexibility index (Phi) is 6.85. The molecule has 5 nitrogen and oxygen atoms in total. The zero-order valence-corrected chi connectivity index (χ0v) is 16.1. The highest BCUT2D eigenvalue weighted by molar-refractivity contribution is 5.97.